The molecule has 19 heavy (non-hydrogen) atoms. The van der Waals surface area contributed by atoms with E-state index in [0.717, 1.165) is 17.9 Å². The lowest BCUT2D eigenvalue weighted by molar-refractivity contribution is 0.315. The molecule has 1 fully saturated rings. The van der Waals surface area contributed by atoms with Crippen LogP contribution in [0.3, 0.4) is 0 Å². The molecular formula is C17H22N2. The number of nitrogens with one attached hydrogen (secondary N) is 1. The number of hydrogen-bond donors (Lipinski definition) is 1. The average Bonchev–Trinajstić information content (AvgIpc) is 2.46. The maximum atomic E-state index is 4.75. The van der Waals surface area contributed by atoms with Crippen LogP contribution >= 0.6 is 0 Å². The van der Waals surface area contributed by atoms with E-state index in [1.54, 1.807) is 0 Å². The van der Waals surface area contributed by atoms with Crippen LogP contribution in [0.1, 0.15) is 31.9 Å². The fourth-order valence-electron chi connectivity index (χ4n) is 2.87. The quantitative estimate of drug-likeness (QED) is 0.906. The molecule has 0 saturated carbocycles. The van der Waals surface area contributed by atoms with Crippen LogP contribution in [-0.2, 0) is 6.42 Å². The van der Waals surface area contributed by atoms with Gasteiger partial charge >= 0.3 is 0 Å². The van der Waals surface area contributed by atoms with E-state index in [1.165, 1.54) is 36.9 Å². The predicted molar refractivity (Wildman–Crippen MR) is 80.3 cm³/mol. The van der Waals surface area contributed by atoms with Gasteiger partial charge in [-0.1, -0.05) is 31.2 Å². The van der Waals surface area contributed by atoms with Crippen LogP contribution in [0.15, 0.2) is 36.4 Å². The van der Waals surface area contributed by atoms with Crippen molar-refractivity contribution in [1.29, 1.82) is 0 Å². The Labute approximate surface area is 115 Å². The Balaban J connectivity index is 1.62. The highest BCUT2D eigenvalue weighted by molar-refractivity contribution is 5.78. The highest BCUT2D eigenvalue weighted by atomic mass is 14.9. The van der Waals surface area contributed by atoms with Gasteiger partial charge in [-0.05, 0) is 50.3 Å². The summed E-state index contributed by atoms with van der Waals surface area (Å²) < 4.78 is 0. The maximum Gasteiger partial charge on any atom is 0.0705 e. The Kier molecular flexibility index (Phi) is 3.79. The molecule has 2 nitrogen and oxygen atoms in total. The summed E-state index contributed by atoms with van der Waals surface area (Å²) in [7, 11) is 0. The largest absolute Gasteiger partial charge is 0.314 e. The zero-order chi connectivity index (χ0) is 13.1. The van der Waals surface area contributed by atoms with Gasteiger partial charge in [0, 0.05) is 17.1 Å². The highest BCUT2D eigenvalue weighted by Gasteiger charge is 2.17. The van der Waals surface area contributed by atoms with Crippen molar-refractivity contribution >= 4 is 10.9 Å². The monoisotopic (exact) mass is 254 g/mol. The molecule has 100 valence electrons. The molecule has 3 rings (SSSR count). The zero-order valence-electron chi connectivity index (χ0n) is 11.6. The summed E-state index contributed by atoms with van der Waals surface area (Å²) in [6, 6.07) is 13.4. The molecule has 0 bridgehead atoms. The van der Waals surface area contributed by atoms with Crippen LogP contribution in [0.2, 0.25) is 0 Å². The lowest BCUT2D eigenvalue weighted by Crippen LogP contribution is -2.38. The average molecular weight is 254 g/mol. The van der Waals surface area contributed by atoms with Gasteiger partial charge in [-0.2, -0.15) is 0 Å². The molecule has 1 N–H and O–H groups in total. The number of aromatic nitrogens is 1. The van der Waals surface area contributed by atoms with E-state index in [2.05, 4.69) is 48.6 Å². The molecular weight excluding hydrogens is 232 g/mol. The van der Waals surface area contributed by atoms with Crippen molar-refractivity contribution in [2.24, 2.45) is 5.92 Å². The second-order valence-corrected chi connectivity index (χ2v) is 5.82. The van der Waals surface area contributed by atoms with Crippen molar-refractivity contribution < 1.29 is 0 Å². The number of pyridine rings is 1. The molecule has 1 aliphatic heterocycles. The van der Waals surface area contributed by atoms with E-state index < -0.39 is 0 Å². The number of hydrogen-bond acceptors (Lipinski definition) is 2. The Morgan fingerprint density at radius 1 is 1.16 bits per heavy atom. The van der Waals surface area contributed by atoms with Crippen molar-refractivity contribution in [2.75, 3.05) is 6.54 Å². The summed E-state index contributed by atoms with van der Waals surface area (Å²) in [4.78, 5) is 4.75. The summed E-state index contributed by atoms with van der Waals surface area (Å²) in [5, 5.41) is 4.88. The Morgan fingerprint density at radius 2 is 2.05 bits per heavy atom. The normalized spacial score (nSPS) is 23.6. The Morgan fingerprint density at radius 3 is 2.89 bits per heavy atom. The van der Waals surface area contributed by atoms with E-state index in [-0.39, 0.29) is 0 Å². The van der Waals surface area contributed by atoms with Crippen molar-refractivity contribution in [3.63, 3.8) is 0 Å². The molecule has 2 atom stereocenters. The smallest absolute Gasteiger partial charge is 0.0705 e. The topological polar surface area (TPSA) is 24.9 Å². The minimum atomic E-state index is 0.685. The first kappa shape index (κ1) is 12.6. The van der Waals surface area contributed by atoms with Gasteiger partial charge in [-0.15, -0.1) is 0 Å². The summed E-state index contributed by atoms with van der Waals surface area (Å²) in [5.74, 6) is 0.843. The van der Waals surface area contributed by atoms with E-state index >= 15 is 0 Å². The summed E-state index contributed by atoms with van der Waals surface area (Å²) in [6.07, 6.45) is 4.96. The number of benzene rings is 1. The third-order valence-corrected chi connectivity index (χ3v) is 4.17. The number of fused-ring (bicyclic) bond motifs is 1. The van der Waals surface area contributed by atoms with Gasteiger partial charge in [-0.25, -0.2) is 0 Å². The summed E-state index contributed by atoms with van der Waals surface area (Å²) in [5.41, 5.74) is 2.34. The van der Waals surface area contributed by atoms with Gasteiger partial charge in [-0.3, -0.25) is 4.98 Å². The first-order chi connectivity index (χ1) is 9.31. The van der Waals surface area contributed by atoms with Gasteiger partial charge in [0.2, 0.25) is 0 Å². The van der Waals surface area contributed by atoms with Crippen LogP contribution in [0.5, 0.6) is 0 Å². The van der Waals surface area contributed by atoms with E-state index in [4.69, 9.17) is 4.98 Å². The van der Waals surface area contributed by atoms with Gasteiger partial charge in [0.1, 0.15) is 0 Å². The number of aryl methyl sites for hydroxylation is 1. The Bertz CT molecular complexity index is 542. The molecule has 1 aliphatic rings. The molecule has 0 radical (unpaired) electrons. The molecule has 0 amide bonds. The molecule has 2 unspecified atom stereocenters. The molecule has 1 aromatic heterocycles. The molecule has 0 aliphatic carbocycles. The second kappa shape index (κ2) is 5.70. The van der Waals surface area contributed by atoms with Crippen molar-refractivity contribution in [1.82, 2.24) is 10.3 Å². The SMILES string of the molecule is CC1CCC(CCc2ccc3ccccc3n2)NC1. The first-order valence-electron chi connectivity index (χ1n) is 7.39. The predicted octanol–water partition coefficient (Wildman–Crippen LogP) is 3.56. The lowest BCUT2D eigenvalue weighted by atomic mass is 9.93. The van der Waals surface area contributed by atoms with Crippen molar-refractivity contribution in [3.05, 3.63) is 42.1 Å². The van der Waals surface area contributed by atoms with Gasteiger partial charge < -0.3 is 5.32 Å². The zero-order valence-corrected chi connectivity index (χ0v) is 11.6. The fraction of sp³-hybridized carbons (Fsp3) is 0.471. The van der Waals surface area contributed by atoms with Crippen LogP contribution in [0.25, 0.3) is 10.9 Å². The van der Waals surface area contributed by atoms with Crippen LogP contribution < -0.4 is 5.32 Å². The highest BCUT2D eigenvalue weighted by Crippen LogP contribution is 2.18. The van der Waals surface area contributed by atoms with E-state index in [1.807, 2.05) is 0 Å². The van der Waals surface area contributed by atoms with Gasteiger partial charge in [0.05, 0.1) is 5.52 Å². The van der Waals surface area contributed by atoms with E-state index in [0.29, 0.717) is 6.04 Å². The summed E-state index contributed by atoms with van der Waals surface area (Å²) >= 11 is 0. The van der Waals surface area contributed by atoms with Crippen molar-refractivity contribution in [3.8, 4) is 0 Å². The lowest BCUT2D eigenvalue weighted by Gasteiger charge is -2.27. The van der Waals surface area contributed by atoms with Crippen LogP contribution in [0, 0.1) is 5.92 Å². The summed E-state index contributed by atoms with van der Waals surface area (Å²) in [6.45, 7) is 3.50. The second-order valence-electron chi connectivity index (χ2n) is 5.82. The molecule has 1 aromatic carbocycles. The Hall–Kier alpha value is -1.41. The number of nitrogens with zero attached hydrogens (tertiary/aromatic N) is 1. The maximum absolute atomic E-state index is 4.75. The van der Waals surface area contributed by atoms with Crippen molar-refractivity contribution in [2.45, 2.75) is 38.6 Å². The third-order valence-electron chi connectivity index (χ3n) is 4.17. The third kappa shape index (κ3) is 3.13. The minimum absolute atomic E-state index is 0.685. The fourth-order valence-corrected chi connectivity index (χ4v) is 2.87. The first-order valence-corrected chi connectivity index (χ1v) is 7.39. The van der Waals surface area contributed by atoms with Crippen LogP contribution in [-0.4, -0.2) is 17.6 Å². The van der Waals surface area contributed by atoms with E-state index in [9.17, 15) is 0 Å². The minimum Gasteiger partial charge on any atom is -0.314 e. The standard InChI is InChI=1S/C17H22N2/c1-13-6-8-15(18-12-13)10-11-16-9-7-14-4-2-3-5-17(14)19-16/h2-5,7,9,13,15,18H,6,8,10-12H2,1H3. The van der Waals surface area contributed by atoms with Crippen LogP contribution in [0.4, 0.5) is 0 Å². The molecule has 0 spiro atoms. The number of para-hydroxylation sites is 1. The van der Waals surface area contributed by atoms with Gasteiger partial charge in [0.15, 0.2) is 0 Å². The van der Waals surface area contributed by atoms with Gasteiger partial charge in [0.25, 0.3) is 0 Å². The number of rotatable bonds is 3. The molecule has 1 saturated heterocycles. The molecule has 2 heterocycles. The molecule has 2 aromatic rings. The number of piperidine rings is 1. The molecule has 2 heteroatoms.